The lowest BCUT2D eigenvalue weighted by Crippen LogP contribution is -2.32. The summed E-state index contributed by atoms with van der Waals surface area (Å²) in [5.41, 5.74) is 1.31. The number of halogens is 1. The molecular formula is C20H23ClN2O4S. The maximum Gasteiger partial charge on any atom is 0.251 e. The average Bonchev–Trinajstić information content (AvgIpc) is 3.21. The van der Waals surface area contributed by atoms with Crippen LogP contribution >= 0.6 is 11.6 Å². The zero-order chi connectivity index (χ0) is 20.1. The van der Waals surface area contributed by atoms with Gasteiger partial charge in [-0.3, -0.25) is 4.79 Å². The molecule has 1 aliphatic heterocycles. The highest BCUT2D eigenvalue weighted by Crippen LogP contribution is 2.18. The summed E-state index contributed by atoms with van der Waals surface area (Å²) >= 11 is 5.88. The number of rotatable bonds is 7. The number of ether oxygens (including phenoxy) is 1. The Hall–Kier alpha value is -1.93. The average molecular weight is 423 g/mol. The van der Waals surface area contributed by atoms with E-state index < -0.39 is 10.0 Å². The quantitative estimate of drug-likeness (QED) is 0.717. The van der Waals surface area contributed by atoms with Crippen molar-refractivity contribution in [3.05, 3.63) is 64.7 Å². The summed E-state index contributed by atoms with van der Waals surface area (Å²) in [5, 5.41) is 3.52. The van der Waals surface area contributed by atoms with Gasteiger partial charge < -0.3 is 10.1 Å². The minimum Gasteiger partial charge on any atom is -0.377 e. The van der Waals surface area contributed by atoms with Crippen molar-refractivity contribution in [2.24, 2.45) is 0 Å². The van der Waals surface area contributed by atoms with Crippen LogP contribution in [0, 0.1) is 0 Å². The van der Waals surface area contributed by atoms with Crippen molar-refractivity contribution in [2.45, 2.75) is 36.8 Å². The summed E-state index contributed by atoms with van der Waals surface area (Å²) < 4.78 is 32.8. The van der Waals surface area contributed by atoms with E-state index in [2.05, 4.69) is 10.0 Å². The fraction of sp³-hybridized carbons (Fsp3) is 0.350. The summed E-state index contributed by atoms with van der Waals surface area (Å²) in [6, 6.07) is 12.9. The van der Waals surface area contributed by atoms with Gasteiger partial charge in [-0.15, -0.1) is 0 Å². The van der Waals surface area contributed by atoms with Crippen molar-refractivity contribution < 1.29 is 17.9 Å². The predicted molar refractivity (Wildman–Crippen MR) is 108 cm³/mol. The number of benzene rings is 2. The molecule has 0 spiro atoms. The lowest BCUT2D eigenvalue weighted by atomic mass is 10.1. The molecule has 2 atom stereocenters. The largest absolute Gasteiger partial charge is 0.377 e. The first-order valence-electron chi connectivity index (χ1n) is 9.13. The first-order valence-corrected chi connectivity index (χ1v) is 11.0. The van der Waals surface area contributed by atoms with Gasteiger partial charge in [0.2, 0.25) is 10.0 Å². The highest BCUT2D eigenvalue weighted by molar-refractivity contribution is 7.89. The summed E-state index contributed by atoms with van der Waals surface area (Å²) in [6.45, 7) is 2.79. The molecule has 0 saturated carbocycles. The molecule has 1 fully saturated rings. The smallest absolute Gasteiger partial charge is 0.251 e. The summed E-state index contributed by atoms with van der Waals surface area (Å²) in [6.07, 6.45) is 1.73. The standard InChI is InChI=1S/C20H23ClN2O4S/c1-14(15-4-8-17(21)9-5-15)23-20(24)16-6-10-19(11-7-16)28(25,26)22-13-18-3-2-12-27-18/h4-11,14,18,22H,2-3,12-13H2,1H3,(H,23,24)/t14-,18-/m1/s1. The van der Waals surface area contributed by atoms with E-state index in [1.807, 2.05) is 19.1 Å². The fourth-order valence-electron chi connectivity index (χ4n) is 2.99. The van der Waals surface area contributed by atoms with Gasteiger partial charge in [0, 0.05) is 23.7 Å². The Kier molecular flexibility index (Phi) is 6.72. The Balaban J connectivity index is 1.60. The van der Waals surface area contributed by atoms with Gasteiger partial charge in [0.15, 0.2) is 0 Å². The van der Waals surface area contributed by atoms with Crippen molar-refractivity contribution in [3.8, 4) is 0 Å². The number of sulfonamides is 1. The van der Waals surface area contributed by atoms with Crippen LogP contribution in [-0.4, -0.2) is 33.6 Å². The highest BCUT2D eigenvalue weighted by atomic mass is 35.5. The van der Waals surface area contributed by atoms with Crippen molar-refractivity contribution >= 4 is 27.5 Å². The minimum absolute atomic E-state index is 0.0748. The van der Waals surface area contributed by atoms with E-state index in [0.29, 0.717) is 17.2 Å². The predicted octanol–water partition coefficient (Wildman–Crippen LogP) is 3.29. The van der Waals surface area contributed by atoms with Crippen LogP contribution in [0.2, 0.25) is 5.02 Å². The van der Waals surface area contributed by atoms with Crippen LogP contribution in [0.4, 0.5) is 0 Å². The molecule has 2 aromatic carbocycles. The molecule has 0 unspecified atom stereocenters. The Morgan fingerprint density at radius 3 is 2.46 bits per heavy atom. The number of carbonyl (C=O) groups excluding carboxylic acids is 1. The molecule has 0 radical (unpaired) electrons. The molecule has 0 aromatic heterocycles. The fourth-order valence-corrected chi connectivity index (χ4v) is 4.18. The van der Waals surface area contributed by atoms with E-state index in [1.165, 1.54) is 24.3 Å². The molecule has 2 N–H and O–H groups in total. The van der Waals surface area contributed by atoms with Crippen LogP contribution in [-0.2, 0) is 14.8 Å². The zero-order valence-electron chi connectivity index (χ0n) is 15.5. The minimum atomic E-state index is -3.63. The first-order chi connectivity index (χ1) is 13.3. The van der Waals surface area contributed by atoms with Crippen LogP contribution < -0.4 is 10.0 Å². The van der Waals surface area contributed by atoms with Crippen LogP contribution in [0.1, 0.15) is 41.7 Å². The third-order valence-electron chi connectivity index (χ3n) is 4.67. The van der Waals surface area contributed by atoms with Gasteiger partial charge in [-0.1, -0.05) is 23.7 Å². The molecule has 1 amide bonds. The SMILES string of the molecule is C[C@@H](NC(=O)c1ccc(S(=O)(=O)NC[C@H]2CCCO2)cc1)c1ccc(Cl)cc1. The Morgan fingerprint density at radius 2 is 1.86 bits per heavy atom. The molecule has 1 saturated heterocycles. The van der Waals surface area contributed by atoms with Gasteiger partial charge in [-0.2, -0.15) is 0 Å². The molecule has 3 rings (SSSR count). The Labute approximate surface area is 170 Å². The Bertz CT molecular complexity index is 908. The second-order valence-electron chi connectivity index (χ2n) is 6.76. The summed E-state index contributed by atoms with van der Waals surface area (Å²) in [4.78, 5) is 12.6. The second kappa shape index (κ2) is 9.05. The summed E-state index contributed by atoms with van der Waals surface area (Å²) in [7, 11) is -3.63. The number of hydrogen-bond acceptors (Lipinski definition) is 4. The lowest BCUT2D eigenvalue weighted by molar-refractivity contribution is 0.0939. The lowest BCUT2D eigenvalue weighted by Gasteiger charge is -2.15. The third-order valence-corrected chi connectivity index (χ3v) is 6.36. The molecule has 150 valence electrons. The van der Waals surface area contributed by atoms with E-state index in [4.69, 9.17) is 16.3 Å². The number of nitrogens with one attached hydrogen (secondary N) is 2. The normalized spacial score (nSPS) is 18.0. The van der Waals surface area contributed by atoms with E-state index in [9.17, 15) is 13.2 Å². The van der Waals surface area contributed by atoms with Gasteiger partial charge in [-0.05, 0) is 61.7 Å². The van der Waals surface area contributed by atoms with Crippen LogP contribution in [0.25, 0.3) is 0 Å². The zero-order valence-corrected chi connectivity index (χ0v) is 17.1. The topological polar surface area (TPSA) is 84.5 Å². The second-order valence-corrected chi connectivity index (χ2v) is 8.96. The highest BCUT2D eigenvalue weighted by Gasteiger charge is 2.20. The van der Waals surface area contributed by atoms with Crippen molar-refractivity contribution in [1.82, 2.24) is 10.0 Å². The third kappa shape index (κ3) is 5.32. The summed E-state index contributed by atoms with van der Waals surface area (Å²) in [5.74, 6) is -0.279. The molecule has 6 nitrogen and oxygen atoms in total. The van der Waals surface area contributed by atoms with Crippen LogP contribution in [0.3, 0.4) is 0 Å². The number of amides is 1. The molecule has 28 heavy (non-hydrogen) atoms. The van der Waals surface area contributed by atoms with E-state index in [-0.39, 0.29) is 29.5 Å². The van der Waals surface area contributed by atoms with E-state index >= 15 is 0 Å². The molecule has 8 heteroatoms. The maximum atomic E-state index is 12.4. The monoisotopic (exact) mass is 422 g/mol. The number of carbonyl (C=O) groups is 1. The van der Waals surface area contributed by atoms with E-state index in [0.717, 1.165) is 18.4 Å². The van der Waals surface area contributed by atoms with Crippen LogP contribution in [0.15, 0.2) is 53.4 Å². The Morgan fingerprint density at radius 1 is 1.18 bits per heavy atom. The van der Waals surface area contributed by atoms with Gasteiger partial charge >= 0.3 is 0 Å². The molecule has 1 aliphatic rings. The first kappa shape index (κ1) is 20.8. The van der Waals surface area contributed by atoms with Gasteiger partial charge in [0.1, 0.15) is 0 Å². The van der Waals surface area contributed by atoms with Crippen molar-refractivity contribution in [2.75, 3.05) is 13.2 Å². The van der Waals surface area contributed by atoms with E-state index in [1.54, 1.807) is 12.1 Å². The van der Waals surface area contributed by atoms with Gasteiger partial charge in [0.25, 0.3) is 5.91 Å². The molecular weight excluding hydrogens is 400 g/mol. The molecule has 1 heterocycles. The molecule has 0 bridgehead atoms. The van der Waals surface area contributed by atoms with Gasteiger partial charge in [-0.25, -0.2) is 13.1 Å². The van der Waals surface area contributed by atoms with Crippen molar-refractivity contribution in [1.29, 1.82) is 0 Å². The molecule has 0 aliphatic carbocycles. The van der Waals surface area contributed by atoms with Gasteiger partial charge in [0.05, 0.1) is 17.0 Å². The van der Waals surface area contributed by atoms with Crippen molar-refractivity contribution in [3.63, 3.8) is 0 Å². The molecule has 2 aromatic rings. The van der Waals surface area contributed by atoms with Crippen LogP contribution in [0.5, 0.6) is 0 Å². The number of hydrogen-bond donors (Lipinski definition) is 2. The maximum absolute atomic E-state index is 12.4.